The monoisotopic (exact) mass is 223 g/mol. The lowest BCUT2D eigenvalue weighted by molar-refractivity contribution is -0.137. The molecule has 14 heavy (non-hydrogen) atoms. The molecule has 1 rings (SSSR count). The van der Waals surface area contributed by atoms with E-state index in [1.54, 1.807) is 0 Å². The van der Waals surface area contributed by atoms with Gasteiger partial charge in [-0.25, -0.2) is 0 Å². The molecule has 0 fully saturated rings. The number of hydrogen-bond acceptors (Lipinski definition) is 2. The average molecular weight is 224 g/mol. The topological polar surface area (TPSA) is 43.1 Å². The summed E-state index contributed by atoms with van der Waals surface area (Å²) in [7, 11) is 0. The van der Waals surface area contributed by atoms with Gasteiger partial charge in [-0.2, -0.15) is 13.2 Å². The van der Waals surface area contributed by atoms with E-state index < -0.39 is 17.3 Å². The number of anilines is 1. The van der Waals surface area contributed by atoms with Crippen molar-refractivity contribution in [3.05, 3.63) is 28.3 Å². The zero-order chi connectivity index (χ0) is 10.9. The summed E-state index contributed by atoms with van der Waals surface area (Å²) in [6, 6.07) is 1.77. The van der Waals surface area contributed by atoms with Crippen molar-refractivity contribution < 1.29 is 18.0 Å². The summed E-state index contributed by atoms with van der Waals surface area (Å²) < 4.78 is 37.0. The molecular formula is C8H5ClF3NO. The van der Waals surface area contributed by atoms with E-state index in [0.717, 1.165) is 6.07 Å². The second-order valence-corrected chi connectivity index (χ2v) is 3.01. The van der Waals surface area contributed by atoms with Crippen molar-refractivity contribution in [1.29, 1.82) is 0 Å². The maximum atomic E-state index is 12.3. The molecule has 0 bridgehead atoms. The van der Waals surface area contributed by atoms with E-state index in [-0.39, 0.29) is 17.0 Å². The summed E-state index contributed by atoms with van der Waals surface area (Å²) in [4.78, 5) is 10.4. The van der Waals surface area contributed by atoms with Gasteiger partial charge in [0.2, 0.25) is 0 Å². The molecule has 0 spiro atoms. The van der Waals surface area contributed by atoms with Crippen LogP contribution in [0.15, 0.2) is 12.1 Å². The second kappa shape index (κ2) is 3.49. The molecule has 6 heteroatoms. The molecule has 1 aromatic carbocycles. The minimum absolute atomic E-state index is 0.0640. The molecular weight excluding hydrogens is 219 g/mol. The number of nitrogens with two attached hydrogens (primary N) is 1. The average Bonchev–Trinajstić information content (AvgIpc) is 2.01. The van der Waals surface area contributed by atoms with Gasteiger partial charge in [0, 0.05) is 16.3 Å². The highest BCUT2D eigenvalue weighted by Gasteiger charge is 2.34. The SMILES string of the molecule is Nc1cc(Cl)cc(C(F)(F)F)c1C=O. The maximum absolute atomic E-state index is 12.3. The molecule has 0 radical (unpaired) electrons. The highest BCUT2D eigenvalue weighted by Crippen LogP contribution is 2.35. The number of rotatable bonds is 1. The van der Waals surface area contributed by atoms with Crippen LogP contribution in [0.5, 0.6) is 0 Å². The van der Waals surface area contributed by atoms with Crippen LogP contribution in [0, 0.1) is 0 Å². The summed E-state index contributed by atoms with van der Waals surface area (Å²) in [6.07, 6.45) is -4.57. The van der Waals surface area contributed by atoms with Crippen LogP contribution in [-0.4, -0.2) is 6.29 Å². The van der Waals surface area contributed by atoms with Gasteiger partial charge in [-0.1, -0.05) is 11.6 Å². The van der Waals surface area contributed by atoms with E-state index >= 15 is 0 Å². The van der Waals surface area contributed by atoms with E-state index in [2.05, 4.69) is 0 Å². The first-order chi connectivity index (χ1) is 6.36. The Morgan fingerprint density at radius 3 is 2.36 bits per heavy atom. The zero-order valence-electron chi connectivity index (χ0n) is 6.73. The lowest BCUT2D eigenvalue weighted by atomic mass is 10.1. The third-order valence-electron chi connectivity index (χ3n) is 1.60. The third kappa shape index (κ3) is 1.98. The Morgan fingerprint density at radius 2 is 1.93 bits per heavy atom. The van der Waals surface area contributed by atoms with Crippen molar-refractivity contribution in [3.8, 4) is 0 Å². The Kier molecular flexibility index (Phi) is 2.71. The highest BCUT2D eigenvalue weighted by atomic mass is 35.5. The van der Waals surface area contributed by atoms with E-state index in [0.29, 0.717) is 6.07 Å². The number of carbonyl (C=O) groups excluding carboxylic acids is 1. The van der Waals surface area contributed by atoms with Gasteiger partial charge in [0.05, 0.1) is 5.56 Å². The van der Waals surface area contributed by atoms with Gasteiger partial charge in [0.25, 0.3) is 0 Å². The summed E-state index contributed by atoms with van der Waals surface area (Å²) in [5.74, 6) is 0. The Morgan fingerprint density at radius 1 is 1.36 bits per heavy atom. The normalized spacial score (nSPS) is 11.4. The van der Waals surface area contributed by atoms with E-state index in [1.807, 2.05) is 0 Å². The minimum atomic E-state index is -4.63. The highest BCUT2D eigenvalue weighted by molar-refractivity contribution is 6.31. The first-order valence-electron chi connectivity index (χ1n) is 3.47. The number of carbonyl (C=O) groups is 1. The molecule has 2 nitrogen and oxygen atoms in total. The van der Waals surface area contributed by atoms with Crippen LogP contribution in [0.25, 0.3) is 0 Å². The summed E-state index contributed by atoms with van der Waals surface area (Å²) in [5, 5.41) is -0.152. The lowest BCUT2D eigenvalue weighted by Crippen LogP contribution is -2.10. The predicted molar refractivity (Wildman–Crippen MR) is 46.3 cm³/mol. The molecule has 0 aliphatic rings. The van der Waals surface area contributed by atoms with Crippen molar-refractivity contribution in [2.24, 2.45) is 0 Å². The molecule has 0 saturated heterocycles. The van der Waals surface area contributed by atoms with Gasteiger partial charge in [-0.15, -0.1) is 0 Å². The quantitative estimate of drug-likeness (QED) is 0.588. The molecule has 0 saturated carbocycles. The first-order valence-corrected chi connectivity index (χ1v) is 3.85. The summed E-state index contributed by atoms with van der Waals surface area (Å²) in [6.45, 7) is 0. The molecule has 0 heterocycles. The molecule has 0 aliphatic heterocycles. The number of aldehydes is 1. The van der Waals surface area contributed by atoms with Crippen molar-refractivity contribution in [3.63, 3.8) is 0 Å². The Bertz CT molecular complexity index is 376. The molecule has 76 valence electrons. The number of benzene rings is 1. The number of halogens is 4. The second-order valence-electron chi connectivity index (χ2n) is 2.57. The van der Waals surface area contributed by atoms with Gasteiger partial charge < -0.3 is 5.73 Å². The van der Waals surface area contributed by atoms with Crippen LogP contribution < -0.4 is 5.73 Å². The smallest absolute Gasteiger partial charge is 0.398 e. The summed E-state index contributed by atoms with van der Waals surface area (Å²) >= 11 is 5.39. The fourth-order valence-corrected chi connectivity index (χ4v) is 1.23. The largest absolute Gasteiger partial charge is 0.417 e. The molecule has 0 aromatic heterocycles. The van der Waals surface area contributed by atoms with E-state index in [4.69, 9.17) is 17.3 Å². The standard InChI is InChI=1S/C8H5ClF3NO/c9-4-1-6(8(10,11)12)5(3-14)7(13)2-4/h1-3H,13H2. The third-order valence-corrected chi connectivity index (χ3v) is 1.82. The fraction of sp³-hybridized carbons (Fsp3) is 0.125. The Balaban J connectivity index is 3.48. The van der Waals surface area contributed by atoms with Gasteiger partial charge in [-0.05, 0) is 12.1 Å². The number of nitrogen functional groups attached to an aromatic ring is 1. The Labute approximate surface area is 82.5 Å². The summed E-state index contributed by atoms with van der Waals surface area (Å²) in [5.41, 5.74) is 3.24. The molecule has 2 N–H and O–H groups in total. The molecule has 0 aliphatic carbocycles. The van der Waals surface area contributed by atoms with Crippen molar-refractivity contribution >= 4 is 23.6 Å². The van der Waals surface area contributed by atoms with E-state index in [1.165, 1.54) is 0 Å². The van der Waals surface area contributed by atoms with Crippen molar-refractivity contribution in [2.75, 3.05) is 5.73 Å². The molecule has 0 unspecified atom stereocenters. The van der Waals surface area contributed by atoms with Crippen molar-refractivity contribution in [1.82, 2.24) is 0 Å². The molecule has 0 amide bonds. The van der Waals surface area contributed by atoms with Crippen LogP contribution >= 0.6 is 11.6 Å². The number of alkyl halides is 3. The lowest BCUT2D eigenvalue weighted by Gasteiger charge is -2.11. The van der Waals surface area contributed by atoms with Crippen molar-refractivity contribution in [2.45, 2.75) is 6.18 Å². The van der Waals surface area contributed by atoms with Crippen LogP contribution in [0.1, 0.15) is 15.9 Å². The minimum Gasteiger partial charge on any atom is -0.398 e. The number of hydrogen-bond donors (Lipinski definition) is 1. The van der Waals surface area contributed by atoms with E-state index in [9.17, 15) is 18.0 Å². The van der Waals surface area contributed by atoms with Crippen LogP contribution in [0.2, 0.25) is 5.02 Å². The first kappa shape index (κ1) is 10.8. The van der Waals surface area contributed by atoms with Crippen LogP contribution in [0.4, 0.5) is 18.9 Å². The fourth-order valence-electron chi connectivity index (χ4n) is 1.01. The van der Waals surface area contributed by atoms with Crippen LogP contribution in [-0.2, 0) is 6.18 Å². The Hall–Kier alpha value is -1.23. The van der Waals surface area contributed by atoms with Gasteiger partial charge in [0.15, 0.2) is 6.29 Å². The molecule has 0 atom stereocenters. The zero-order valence-corrected chi connectivity index (χ0v) is 7.49. The maximum Gasteiger partial charge on any atom is 0.417 e. The van der Waals surface area contributed by atoms with Gasteiger partial charge in [0.1, 0.15) is 0 Å². The van der Waals surface area contributed by atoms with Crippen LogP contribution in [0.3, 0.4) is 0 Å². The van der Waals surface area contributed by atoms with Gasteiger partial charge >= 0.3 is 6.18 Å². The predicted octanol–water partition coefficient (Wildman–Crippen LogP) is 2.75. The molecule has 1 aromatic rings. The van der Waals surface area contributed by atoms with Gasteiger partial charge in [-0.3, -0.25) is 4.79 Å².